The minimum absolute atomic E-state index is 0.0557. The molecule has 1 aromatic rings. The predicted octanol–water partition coefficient (Wildman–Crippen LogP) is 0.748. The minimum atomic E-state index is -3.06. The smallest absolute Gasteiger partial charge is 0.160 e. The van der Waals surface area contributed by atoms with Gasteiger partial charge in [0.05, 0.1) is 16.7 Å². The predicted molar refractivity (Wildman–Crippen MR) is 62.8 cm³/mol. The maximum absolute atomic E-state index is 12.1. The molecular weight excluding hydrogens is 224 g/mol. The third-order valence-corrected chi connectivity index (χ3v) is 4.95. The SMILES string of the molecule is O=S(=O)(Cc1ccccn1)C1CCCNC1. The quantitative estimate of drug-likeness (QED) is 0.847. The van der Waals surface area contributed by atoms with Crippen molar-refractivity contribution in [2.45, 2.75) is 23.8 Å². The number of nitrogens with one attached hydrogen (secondary N) is 1. The normalized spacial score (nSPS) is 21.9. The summed E-state index contributed by atoms with van der Waals surface area (Å²) in [6, 6.07) is 5.36. The lowest BCUT2D eigenvalue weighted by molar-refractivity contribution is 0.496. The Morgan fingerprint density at radius 3 is 2.94 bits per heavy atom. The Labute approximate surface area is 96.0 Å². The van der Waals surface area contributed by atoms with E-state index in [1.54, 1.807) is 18.3 Å². The van der Waals surface area contributed by atoms with Gasteiger partial charge in [0, 0.05) is 12.7 Å². The zero-order chi connectivity index (χ0) is 11.4. The van der Waals surface area contributed by atoms with E-state index >= 15 is 0 Å². The van der Waals surface area contributed by atoms with Gasteiger partial charge < -0.3 is 5.32 Å². The van der Waals surface area contributed by atoms with E-state index in [1.807, 2.05) is 6.07 Å². The molecule has 2 rings (SSSR count). The van der Waals surface area contributed by atoms with Crippen LogP contribution in [0.4, 0.5) is 0 Å². The molecule has 1 N–H and O–H groups in total. The van der Waals surface area contributed by atoms with E-state index in [0.717, 1.165) is 19.4 Å². The Kier molecular flexibility index (Phi) is 3.56. The van der Waals surface area contributed by atoms with Crippen molar-refractivity contribution in [3.05, 3.63) is 30.1 Å². The highest BCUT2D eigenvalue weighted by atomic mass is 32.2. The molecule has 4 nitrogen and oxygen atoms in total. The van der Waals surface area contributed by atoms with Gasteiger partial charge in [-0.25, -0.2) is 8.42 Å². The molecule has 0 spiro atoms. The topological polar surface area (TPSA) is 59.1 Å². The van der Waals surface area contributed by atoms with E-state index in [0.29, 0.717) is 12.2 Å². The van der Waals surface area contributed by atoms with E-state index in [1.165, 1.54) is 0 Å². The van der Waals surface area contributed by atoms with Crippen LogP contribution in [0.1, 0.15) is 18.5 Å². The molecule has 1 aliphatic rings. The maximum Gasteiger partial charge on any atom is 0.160 e. The first-order chi connectivity index (χ1) is 7.68. The summed E-state index contributed by atoms with van der Waals surface area (Å²) in [5.74, 6) is 0.0557. The van der Waals surface area contributed by atoms with Gasteiger partial charge in [0.25, 0.3) is 0 Å². The minimum Gasteiger partial charge on any atom is -0.315 e. The van der Waals surface area contributed by atoms with E-state index in [4.69, 9.17) is 0 Å². The zero-order valence-corrected chi connectivity index (χ0v) is 9.91. The fraction of sp³-hybridized carbons (Fsp3) is 0.545. The van der Waals surface area contributed by atoms with Crippen LogP contribution in [0.15, 0.2) is 24.4 Å². The standard InChI is InChI=1S/C11H16N2O2S/c14-16(15,11-5-3-6-12-8-11)9-10-4-1-2-7-13-10/h1-2,4,7,11-12H,3,5-6,8-9H2. The first-order valence-corrected chi connectivity index (χ1v) is 7.22. The van der Waals surface area contributed by atoms with Crippen molar-refractivity contribution in [3.63, 3.8) is 0 Å². The molecule has 1 saturated heterocycles. The van der Waals surface area contributed by atoms with Crippen molar-refractivity contribution < 1.29 is 8.42 Å². The van der Waals surface area contributed by atoms with Gasteiger partial charge in [-0.05, 0) is 31.5 Å². The van der Waals surface area contributed by atoms with E-state index in [-0.39, 0.29) is 11.0 Å². The Morgan fingerprint density at radius 2 is 2.31 bits per heavy atom. The van der Waals surface area contributed by atoms with Gasteiger partial charge >= 0.3 is 0 Å². The summed E-state index contributed by atoms with van der Waals surface area (Å²) in [5, 5.41) is 2.88. The number of sulfone groups is 1. The molecule has 1 fully saturated rings. The number of hydrogen-bond acceptors (Lipinski definition) is 4. The Balaban J connectivity index is 2.08. The highest BCUT2D eigenvalue weighted by molar-refractivity contribution is 7.91. The maximum atomic E-state index is 12.1. The van der Waals surface area contributed by atoms with Crippen LogP contribution in [-0.4, -0.2) is 31.7 Å². The molecule has 0 aromatic carbocycles. The molecule has 16 heavy (non-hydrogen) atoms. The molecule has 0 saturated carbocycles. The van der Waals surface area contributed by atoms with Crippen molar-refractivity contribution >= 4 is 9.84 Å². The van der Waals surface area contributed by atoms with Gasteiger partial charge in [-0.3, -0.25) is 4.98 Å². The van der Waals surface area contributed by atoms with Crippen LogP contribution in [0.25, 0.3) is 0 Å². The lowest BCUT2D eigenvalue weighted by atomic mass is 10.2. The average molecular weight is 240 g/mol. The number of nitrogens with zero attached hydrogens (tertiary/aromatic N) is 1. The lowest BCUT2D eigenvalue weighted by Crippen LogP contribution is -2.39. The third-order valence-electron chi connectivity index (χ3n) is 2.83. The van der Waals surface area contributed by atoms with Gasteiger partial charge in [-0.1, -0.05) is 6.07 Å². The molecule has 1 aliphatic heterocycles. The van der Waals surface area contributed by atoms with Gasteiger partial charge in [0.2, 0.25) is 0 Å². The molecule has 2 heterocycles. The van der Waals surface area contributed by atoms with Crippen LogP contribution in [0, 0.1) is 0 Å². The third kappa shape index (κ3) is 2.80. The number of pyridine rings is 1. The van der Waals surface area contributed by atoms with Crippen molar-refractivity contribution in [3.8, 4) is 0 Å². The second kappa shape index (κ2) is 4.93. The first kappa shape index (κ1) is 11.5. The van der Waals surface area contributed by atoms with Crippen LogP contribution in [0.5, 0.6) is 0 Å². The van der Waals surface area contributed by atoms with Crippen molar-refractivity contribution in [2.75, 3.05) is 13.1 Å². The van der Waals surface area contributed by atoms with Crippen LogP contribution in [0.2, 0.25) is 0 Å². The second-order valence-corrected chi connectivity index (χ2v) is 6.38. The first-order valence-electron chi connectivity index (χ1n) is 5.51. The highest BCUT2D eigenvalue weighted by Crippen LogP contribution is 2.15. The number of piperidine rings is 1. The van der Waals surface area contributed by atoms with Gasteiger partial charge in [-0.2, -0.15) is 0 Å². The van der Waals surface area contributed by atoms with E-state index in [9.17, 15) is 8.42 Å². The van der Waals surface area contributed by atoms with Crippen molar-refractivity contribution in [1.29, 1.82) is 0 Å². The summed E-state index contributed by atoms with van der Waals surface area (Å²) in [5.41, 5.74) is 0.632. The largest absolute Gasteiger partial charge is 0.315 e. The molecule has 0 aliphatic carbocycles. The number of aromatic nitrogens is 1. The van der Waals surface area contributed by atoms with Crippen LogP contribution >= 0.6 is 0 Å². The Bertz CT molecular complexity index is 425. The van der Waals surface area contributed by atoms with Gasteiger partial charge in [-0.15, -0.1) is 0 Å². The molecule has 0 radical (unpaired) electrons. The second-order valence-electron chi connectivity index (χ2n) is 4.10. The Morgan fingerprint density at radius 1 is 1.44 bits per heavy atom. The molecule has 5 heteroatoms. The number of rotatable bonds is 3. The molecule has 0 bridgehead atoms. The van der Waals surface area contributed by atoms with Crippen LogP contribution in [0.3, 0.4) is 0 Å². The zero-order valence-electron chi connectivity index (χ0n) is 9.09. The molecule has 1 unspecified atom stereocenters. The molecule has 0 amide bonds. The van der Waals surface area contributed by atoms with E-state index in [2.05, 4.69) is 10.3 Å². The van der Waals surface area contributed by atoms with Crippen LogP contribution in [-0.2, 0) is 15.6 Å². The van der Waals surface area contributed by atoms with Crippen molar-refractivity contribution in [2.24, 2.45) is 0 Å². The highest BCUT2D eigenvalue weighted by Gasteiger charge is 2.27. The molecule has 1 atom stereocenters. The summed E-state index contributed by atoms with van der Waals surface area (Å²) >= 11 is 0. The fourth-order valence-electron chi connectivity index (χ4n) is 1.93. The monoisotopic (exact) mass is 240 g/mol. The average Bonchev–Trinajstić information content (AvgIpc) is 2.31. The fourth-order valence-corrected chi connectivity index (χ4v) is 3.65. The molecule has 88 valence electrons. The molecular formula is C11H16N2O2S. The van der Waals surface area contributed by atoms with E-state index < -0.39 is 9.84 Å². The Hall–Kier alpha value is -0.940. The number of hydrogen-bond donors (Lipinski definition) is 1. The summed E-state index contributed by atoms with van der Waals surface area (Å²) in [7, 11) is -3.06. The summed E-state index contributed by atoms with van der Waals surface area (Å²) in [6.07, 6.45) is 3.33. The summed E-state index contributed by atoms with van der Waals surface area (Å²) in [4.78, 5) is 4.06. The lowest BCUT2D eigenvalue weighted by Gasteiger charge is -2.22. The van der Waals surface area contributed by atoms with Crippen molar-refractivity contribution in [1.82, 2.24) is 10.3 Å². The summed E-state index contributed by atoms with van der Waals surface area (Å²) in [6.45, 7) is 1.50. The summed E-state index contributed by atoms with van der Waals surface area (Å²) < 4.78 is 24.2. The van der Waals surface area contributed by atoms with Crippen LogP contribution < -0.4 is 5.32 Å². The van der Waals surface area contributed by atoms with Gasteiger partial charge in [0.1, 0.15) is 0 Å². The van der Waals surface area contributed by atoms with Gasteiger partial charge in [0.15, 0.2) is 9.84 Å². The molecule has 1 aromatic heterocycles.